The zero-order chi connectivity index (χ0) is 12.3. The van der Waals surface area contributed by atoms with Gasteiger partial charge in [-0.3, -0.25) is 4.90 Å². The zero-order valence-electron chi connectivity index (χ0n) is 9.40. The van der Waals surface area contributed by atoms with Crippen LogP contribution in [0.25, 0.3) is 0 Å². The summed E-state index contributed by atoms with van der Waals surface area (Å²) in [5, 5.41) is 0.668. The molecule has 2 rings (SSSR count). The van der Waals surface area contributed by atoms with Gasteiger partial charge in [0.05, 0.1) is 0 Å². The molecule has 92 valence electrons. The van der Waals surface area contributed by atoms with Crippen molar-refractivity contribution >= 4 is 45.9 Å². The van der Waals surface area contributed by atoms with Gasteiger partial charge >= 0.3 is 6.03 Å². The summed E-state index contributed by atoms with van der Waals surface area (Å²) in [6.07, 6.45) is 1.05. The normalized spacial score (nSPS) is 15.8. The molecule has 1 aliphatic rings. The molecule has 0 aliphatic carbocycles. The molecule has 0 bridgehead atoms. The van der Waals surface area contributed by atoms with E-state index in [-0.39, 0.29) is 6.03 Å². The topological polar surface area (TPSA) is 23.6 Å². The van der Waals surface area contributed by atoms with Crippen molar-refractivity contribution in [3.05, 3.63) is 29.3 Å². The molecule has 17 heavy (non-hydrogen) atoms. The van der Waals surface area contributed by atoms with Crippen LogP contribution in [0.5, 0.6) is 0 Å². The van der Waals surface area contributed by atoms with Crippen molar-refractivity contribution in [1.82, 2.24) is 4.90 Å². The minimum Gasteiger partial charge on any atom is -0.323 e. The van der Waals surface area contributed by atoms with Gasteiger partial charge in [-0.05, 0) is 24.6 Å². The minimum absolute atomic E-state index is 0.0946. The first kappa shape index (κ1) is 13.0. The fraction of sp³-hybridized carbons (Fsp3) is 0.417. The van der Waals surface area contributed by atoms with Crippen LogP contribution in [-0.2, 0) is 0 Å². The molecule has 1 saturated heterocycles. The largest absolute Gasteiger partial charge is 0.324 e. The van der Waals surface area contributed by atoms with E-state index in [1.54, 1.807) is 4.90 Å². The van der Waals surface area contributed by atoms with Gasteiger partial charge in [-0.25, -0.2) is 4.79 Å². The van der Waals surface area contributed by atoms with Gasteiger partial charge in [0.2, 0.25) is 0 Å². The Hall–Kier alpha value is -0.490. The van der Waals surface area contributed by atoms with Crippen molar-refractivity contribution in [3.8, 4) is 0 Å². The van der Waals surface area contributed by atoms with Crippen LogP contribution < -0.4 is 4.90 Å². The number of alkyl halides is 1. The van der Waals surface area contributed by atoms with Gasteiger partial charge in [0.1, 0.15) is 0 Å². The van der Waals surface area contributed by atoms with Crippen molar-refractivity contribution in [3.63, 3.8) is 0 Å². The van der Waals surface area contributed by atoms with Crippen molar-refractivity contribution < 1.29 is 4.79 Å². The molecule has 2 amide bonds. The lowest BCUT2D eigenvalue weighted by molar-refractivity contribution is 0.221. The SMILES string of the molecule is O=C1N(CCCI)CCN1c1cccc(Cl)c1. The molecule has 1 aromatic carbocycles. The van der Waals surface area contributed by atoms with E-state index in [0.29, 0.717) is 5.02 Å². The Morgan fingerprint density at radius 3 is 2.88 bits per heavy atom. The smallest absolute Gasteiger partial charge is 0.323 e. The molecule has 0 saturated carbocycles. The van der Waals surface area contributed by atoms with E-state index in [0.717, 1.165) is 36.2 Å². The lowest BCUT2D eigenvalue weighted by Crippen LogP contribution is -2.32. The molecular formula is C12H14ClIN2O. The number of urea groups is 1. The van der Waals surface area contributed by atoms with E-state index in [4.69, 9.17) is 11.6 Å². The molecule has 1 aliphatic heterocycles. The first-order chi connectivity index (χ1) is 8.22. The third kappa shape index (κ3) is 3.04. The van der Waals surface area contributed by atoms with Crippen molar-refractivity contribution in [1.29, 1.82) is 0 Å². The number of benzene rings is 1. The van der Waals surface area contributed by atoms with Crippen molar-refractivity contribution in [2.24, 2.45) is 0 Å². The number of amides is 2. The standard InChI is InChI=1S/C12H14ClIN2O/c13-10-3-1-4-11(9-10)16-8-7-15(12(16)17)6-2-5-14/h1,3-4,9H,2,5-8H2. The molecular weight excluding hydrogens is 351 g/mol. The van der Waals surface area contributed by atoms with Crippen LogP contribution in [0, 0.1) is 0 Å². The van der Waals surface area contributed by atoms with E-state index in [9.17, 15) is 4.79 Å². The monoisotopic (exact) mass is 364 g/mol. The molecule has 5 heteroatoms. The Morgan fingerprint density at radius 2 is 2.18 bits per heavy atom. The third-order valence-electron chi connectivity index (χ3n) is 2.78. The van der Waals surface area contributed by atoms with Gasteiger partial charge in [-0.2, -0.15) is 0 Å². The fourth-order valence-electron chi connectivity index (χ4n) is 1.92. The van der Waals surface area contributed by atoms with Crippen LogP contribution in [0.15, 0.2) is 24.3 Å². The molecule has 0 unspecified atom stereocenters. The number of hydrogen-bond donors (Lipinski definition) is 0. The number of rotatable bonds is 4. The number of carbonyl (C=O) groups is 1. The van der Waals surface area contributed by atoms with E-state index in [1.165, 1.54) is 0 Å². The number of anilines is 1. The molecule has 3 nitrogen and oxygen atoms in total. The van der Waals surface area contributed by atoms with Gasteiger partial charge in [0.15, 0.2) is 0 Å². The second-order valence-corrected chi connectivity index (χ2v) is 5.46. The maximum absolute atomic E-state index is 12.1. The van der Waals surface area contributed by atoms with Crippen LogP contribution in [0.4, 0.5) is 10.5 Å². The van der Waals surface area contributed by atoms with Gasteiger partial charge in [-0.1, -0.05) is 40.3 Å². The van der Waals surface area contributed by atoms with E-state index in [1.807, 2.05) is 29.2 Å². The maximum Gasteiger partial charge on any atom is 0.324 e. The first-order valence-electron chi connectivity index (χ1n) is 5.60. The first-order valence-corrected chi connectivity index (χ1v) is 7.50. The summed E-state index contributed by atoms with van der Waals surface area (Å²) in [5.74, 6) is 0. The maximum atomic E-state index is 12.1. The summed E-state index contributed by atoms with van der Waals surface area (Å²) >= 11 is 8.27. The number of nitrogens with zero attached hydrogens (tertiary/aromatic N) is 2. The third-order valence-corrected chi connectivity index (χ3v) is 3.77. The highest BCUT2D eigenvalue weighted by molar-refractivity contribution is 14.1. The van der Waals surface area contributed by atoms with Crippen LogP contribution >= 0.6 is 34.2 Å². The quantitative estimate of drug-likeness (QED) is 0.593. The summed E-state index contributed by atoms with van der Waals surface area (Å²) in [5.41, 5.74) is 0.888. The van der Waals surface area contributed by atoms with E-state index in [2.05, 4.69) is 22.6 Å². The molecule has 0 N–H and O–H groups in total. The van der Waals surface area contributed by atoms with Gasteiger partial charge < -0.3 is 4.90 Å². The number of carbonyl (C=O) groups excluding carboxylic acids is 1. The number of hydrogen-bond acceptors (Lipinski definition) is 1. The summed E-state index contributed by atoms with van der Waals surface area (Å²) in [7, 11) is 0. The van der Waals surface area contributed by atoms with Gasteiger partial charge in [0, 0.05) is 34.8 Å². The van der Waals surface area contributed by atoms with Crippen LogP contribution in [0.1, 0.15) is 6.42 Å². The Morgan fingerprint density at radius 1 is 1.35 bits per heavy atom. The van der Waals surface area contributed by atoms with Gasteiger partial charge in [0.25, 0.3) is 0 Å². The Balaban J connectivity index is 2.07. The highest BCUT2D eigenvalue weighted by Gasteiger charge is 2.28. The molecule has 0 aromatic heterocycles. The molecule has 0 atom stereocenters. The fourth-order valence-corrected chi connectivity index (χ4v) is 2.45. The Kier molecular flexibility index (Phi) is 4.50. The molecule has 1 aromatic rings. The van der Waals surface area contributed by atoms with Crippen LogP contribution in [0.3, 0.4) is 0 Å². The molecule has 1 fully saturated rings. The van der Waals surface area contributed by atoms with Crippen LogP contribution in [0.2, 0.25) is 5.02 Å². The van der Waals surface area contributed by atoms with Crippen molar-refractivity contribution in [2.45, 2.75) is 6.42 Å². The molecule has 0 radical (unpaired) electrons. The predicted octanol–water partition coefficient (Wildman–Crippen LogP) is 3.41. The van der Waals surface area contributed by atoms with E-state index < -0.39 is 0 Å². The lowest BCUT2D eigenvalue weighted by Gasteiger charge is -2.18. The van der Waals surface area contributed by atoms with Crippen LogP contribution in [-0.4, -0.2) is 35.0 Å². The Labute approximate surface area is 120 Å². The van der Waals surface area contributed by atoms with Crippen molar-refractivity contribution in [2.75, 3.05) is 29.0 Å². The summed E-state index contributed by atoms with van der Waals surface area (Å²) in [6.45, 7) is 2.40. The summed E-state index contributed by atoms with van der Waals surface area (Å²) < 4.78 is 1.08. The minimum atomic E-state index is 0.0946. The zero-order valence-corrected chi connectivity index (χ0v) is 12.3. The molecule has 0 spiro atoms. The van der Waals surface area contributed by atoms with E-state index >= 15 is 0 Å². The highest BCUT2D eigenvalue weighted by Crippen LogP contribution is 2.23. The number of halogens is 2. The molecule has 1 heterocycles. The average Bonchev–Trinajstić information content (AvgIpc) is 2.68. The second-order valence-electron chi connectivity index (χ2n) is 3.94. The average molecular weight is 365 g/mol. The Bertz CT molecular complexity index is 413. The van der Waals surface area contributed by atoms with Gasteiger partial charge in [-0.15, -0.1) is 0 Å². The highest BCUT2D eigenvalue weighted by atomic mass is 127. The lowest BCUT2D eigenvalue weighted by atomic mass is 10.3. The predicted molar refractivity (Wildman–Crippen MR) is 79.3 cm³/mol. The summed E-state index contributed by atoms with van der Waals surface area (Å²) in [4.78, 5) is 15.8. The summed E-state index contributed by atoms with van der Waals surface area (Å²) in [6, 6.07) is 7.54. The second kappa shape index (κ2) is 5.91.